The number of H-pyrrole nitrogens is 1. The van der Waals surface area contributed by atoms with Crippen molar-refractivity contribution < 1.29 is 27.8 Å². The molecule has 51 heavy (non-hydrogen) atoms. The lowest BCUT2D eigenvalue weighted by molar-refractivity contribution is -0.0845. The molecule has 3 heterocycles. The SMILES string of the molecule is COc1ccc(C(OC[C@H]2[CH][C@@H](O[Si](C)(C)C(C)(C)C)[C@H](n3cc(-c4ncco4)c(=O)[nH]c3=O)O2)(c2ccccc2)c2ccc(OC)cc2)cc1. The van der Waals surface area contributed by atoms with Gasteiger partial charge in [0, 0.05) is 12.6 Å². The second-order valence-electron chi connectivity index (χ2n) is 14.0. The van der Waals surface area contributed by atoms with Crippen LogP contribution in [-0.4, -0.2) is 55.9 Å². The van der Waals surface area contributed by atoms with E-state index in [0.29, 0.717) is 11.5 Å². The van der Waals surface area contributed by atoms with Crippen molar-refractivity contribution in [2.24, 2.45) is 0 Å². The molecule has 1 aliphatic rings. The van der Waals surface area contributed by atoms with Gasteiger partial charge in [-0.05, 0) is 59.1 Å². The van der Waals surface area contributed by atoms with Gasteiger partial charge in [-0.25, -0.2) is 9.78 Å². The van der Waals surface area contributed by atoms with Crippen LogP contribution in [0.4, 0.5) is 0 Å². The molecule has 1 saturated heterocycles. The Hall–Kier alpha value is -4.75. The lowest BCUT2D eigenvalue weighted by Gasteiger charge is -2.39. The molecule has 1 aliphatic heterocycles. The fourth-order valence-electron chi connectivity index (χ4n) is 6.01. The standard InChI is InChI=1S/C39H44N3O8Si/c1-38(2,3)51(6,7)50-33-23-31(49-36(33)42-24-32(34(43)41-37(42)44)35-40-21-22-47-35)25-48-39(26-11-9-8-10-12-26,27-13-17-29(45-4)18-14-27)28-15-19-30(46-5)20-16-28/h8-24,31,33,36H,25H2,1-7H3,(H,41,43,44)/t31-,33-,36-/m1/s1. The fourth-order valence-corrected chi connectivity index (χ4v) is 7.24. The Bertz CT molecular complexity index is 1970. The van der Waals surface area contributed by atoms with Crippen molar-refractivity contribution in [3.8, 4) is 23.0 Å². The number of rotatable bonds is 12. The highest BCUT2D eigenvalue weighted by Gasteiger charge is 2.47. The number of benzene rings is 3. The van der Waals surface area contributed by atoms with Crippen LogP contribution in [0, 0.1) is 6.42 Å². The van der Waals surface area contributed by atoms with Gasteiger partial charge in [0.2, 0.25) is 5.89 Å². The zero-order valence-electron chi connectivity index (χ0n) is 29.9. The van der Waals surface area contributed by atoms with Crippen LogP contribution in [0.25, 0.3) is 11.5 Å². The Kier molecular flexibility index (Phi) is 10.2. The maximum absolute atomic E-state index is 13.4. The first-order chi connectivity index (χ1) is 24.4. The summed E-state index contributed by atoms with van der Waals surface area (Å²) in [6, 6.07) is 25.6. The number of oxazole rings is 1. The molecule has 0 bridgehead atoms. The molecule has 6 rings (SSSR count). The van der Waals surface area contributed by atoms with Crippen molar-refractivity contribution >= 4 is 8.32 Å². The molecule has 0 unspecified atom stereocenters. The molecule has 0 spiro atoms. The first kappa shape index (κ1) is 36.1. The molecule has 2 aromatic heterocycles. The van der Waals surface area contributed by atoms with E-state index in [2.05, 4.69) is 43.8 Å². The molecule has 3 aromatic carbocycles. The Balaban J connectivity index is 1.42. The van der Waals surface area contributed by atoms with Gasteiger partial charge >= 0.3 is 5.69 Å². The lowest BCUT2D eigenvalue weighted by atomic mass is 9.80. The number of aromatic amines is 1. The maximum Gasteiger partial charge on any atom is 0.330 e. The third-order valence-corrected chi connectivity index (χ3v) is 14.3. The van der Waals surface area contributed by atoms with Gasteiger partial charge in [-0.3, -0.25) is 14.3 Å². The summed E-state index contributed by atoms with van der Waals surface area (Å²) in [5, 5.41) is -0.135. The molecule has 1 fully saturated rings. The second-order valence-corrected chi connectivity index (χ2v) is 18.7. The Morgan fingerprint density at radius 2 is 1.45 bits per heavy atom. The highest BCUT2D eigenvalue weighted by molar-refractivity contribution is 6.74. The van der Waals surface area contributed by atoms with Crippen LogP contribution in [0.5, 0.6) is 11.5 Å². The molecular formula is C39H44N3O8Si. The van der Waals surface area contributed by atoms with E-state index in [1.165, 1.54) is 23.2 Å². The van der Waals surface area contributed by atoms with Crippen molar-refractivity contribution in [1.29, 1.82) is 0 Å². The largest absolute Gasteiger partial charge is 0.497 e. The molecule has 1 radical (unpaired) electrons. The number of nitrogens with one attached hydrogen (secondary N) is 1. The predicted octanol–water partition coefficient (Wildman–Crippen LogP) is 6.71. The van der Waals surface area contributed by atoms with E-state index >= 15 is 0 Å². The fraction of sp³-hybridized carbons (Fsp3) is 0.333. The normalized spacial score (nSPS) is 18.1. The average Bonchev–Trinajstić information content (AvgIpc) is 3.80. The number of hydrogen-bond donors (Lipinski definition) is 1. The van der Waals surface area contributed by atoms with Gasteiger partial charge in [-0.15, -0.1) is 0 Å². The van der Waals surface area contributed by atoms with Gasteiger partial charge < -0.3 is 27.8 Å². The molecule has 0 saturated carbocycles. The first-order valence-electron chi connectivity index (χ1n) is 16.8. The van der Waals surface area contributed by atoms with Crippen LogP contribution in [0.2, 0.25) is 18.1 Å². The molecule has 1 N–H and O–H groups in total. The molecule has 11 nitrogen and oxygen atoms in total. The van der Waals surface area contributed by atoms with Crippen molar-refractivity contribution in [1.82, 2.24) is 14.5 Å². The molecule has 0 aliphatic carbocycles. The van der Waals surface area contributed by atoms with Crippen LogP contribution in [0.15, 0.2) is 112 Å². The van der Waals surface area contributed by atoms with Gasteiger partial charge in [-0.1, -0.05) is 75.4 Å². The molecule has 3 atom stereocenters. The second kappa shape index (κ2) is 14.5. The molecule has 12 heteroatoms. The van der Waals surface area contributed by atoms with E-state index in [4.69, 9.17) is 27.8 Å². The van der Waals surface area contributed by atoms with E-state index in [9.17, 15) is 9.59 Å². The molecule has 5 aromatic rings. The van der Waals surface area contributed by atoms with E-state index in [0.717, 1.165) is 16.7 Å². The minimum atomic E-state index is -2.40. The van der Waals surface area contributed by atoms with Gasteiger partial charge in [0.05, 0.1) is 39.2 Å². The summed E-state index contributed by atoms with van der Waals surface area (Å²) in [6.07, 6.45) is 3.99. The Labute approximate surface area is 298 Å². The van der Waals surface area contributed by atoms with E-state index in [1.54, 1.807) is 14.2 Å². The highest BCUT2D eigenvalue weighted by Crippen LogP contribution is 2.44. The quantitative estimate of drug-likeness (QED) is 0.111. The van der Waals surface area contributed by atoms with E-state index in [-0.39, 0.29) is 23.1 Å². The monoisotopic (exact) mass is 710 g/mol. The van der Waals surface area contributed by atoms with Crippen molar-refractivity contribution in [2.75, 3.05) is 20.8 Å². The lowest BCUT2D eigenvalue weighted by Crippen LogP contribution is -2.46. The summed E-state index contributed by atoms with van der Waals surface area (Å²) in [4.78, 5) is 32.8. The summed E-state index contributed by atoms with van der Waals surface area (Å²) >= 11 is 0. The smallest absolute Gasteiger partial charge is 0.330 e. The van der Waals surface area contributed by atoms with Gasteiger partial charge in [0.15, 0.2) is 14.5 Å². The summed E-state index contributed by atoms with van der Waals surface area (Å²) < 4.78 is 38.4. The summed E-state index contributed by atoms with van der Waals surface area (Å²) in [5.74, 6) is 1.51. The van der Waals surface area contributed by atoms with Gasteiger partial charge in [0.25, 0.3) is 5.56 Å². The van der Waals surface area contributed by atoms with E-state index in [1.807, 2.05) is 85.3 Å². The minimum absolute atomic E-state index is 0.0837. The van der Waals surface area contributed by atoms with Crippen molar-refractivity contribution in [3.63, 3.8) is 0 Å². The Morgan fingerprint density at radius 1 is 0.863 bits per heavy atom. The number of ether oxygens (including phenoxy) is 4. The summed E-state index contributed by atoms with van der Waals surface area (Å²) in [7, 11) is 0.865. The van der Waals surface area contributed by atoms with Crippen molar-refractivity contribution in [2.45, 2.75) is 62.9 Å². The van der Waals surface area contributed by atoms with Crippen LogP contribution < -0.4 is 20.7 Å². The zero-order chi connectivity index (χ0) is 36.4. The van der Waals surface area contributed by atoms with Crippen LogP contribution in [0.3, 0.4) is 0 Å². The van der Waals surface area contributed by atoms with Gasteiger partial charge in [0.1, 0.15) is 28.9 Å². The highest BCUT2D eigenvalue weighted by atomic mass is 28.4. The number of aromatic nitrogens is 3. The number of nitrogens with zero attached hydrogens (tertiary/aromatic N) is 2. The first-order valence-corrected chi connectivity index (χ1v) is 19.7. The third-order valence-electron chi connectivity index (χ3n) is 9.78. The van der Waals surface area contributed by atoms with Crippen LogP contribution in [0.1, 0.15) is 43.7 Å². The zero-order valence-corrected chi connectivity index (χ0v) is 30.9. The average molecular weight is 711 g/mol. The molecular weight excluding hydrogens is 667 g/mol. The topological polar surface area (TPSA) is 127 Å². The Morgan fingerprint density at radius 3 is 1.98 bits per heavy atom. The van der Waals surface area contributed by atoms with E-state index < -0.39 is 43.6 Å². The maximum atomic E-state index is 13.4. The predicted molar refractivity (Wildman–Crippen MR) is 195 cm³/mol. The molecule has 0 amide bonds. The number of methoxy groups -OCH3 is 2. The van der Waals surface area contributed by atoms with Crippen LogP contribution in [-0.2, 0) is 19.5 Å². The van der Waals surface area contributed by atoms with Crippen molar-refractivity contribution in [3.05, 3.63) is 141 Å². The molecule has 267 valence electrons. The summed E-state index contributed by atoms with van der Waals surface area (Å²) in [5.41, 5.74) is 0.389. The van der Waals surface area contributed by atoms with Crippen LogP contribution >= 0.6 is 0 Å². The number of hydrogen-bond acceptors (Lipinski definition) is 9. The minimum Gasteiger partial charge on any atom is -0.497 e. The summed E-state index contributed by atoms with van der Waals surface area (Å²) in [6.45, 7) is 10.8. The van der Waals surface area contributed by atoms with Gasteiger partial charge in [-0.2, -0.15) is 0 Å². The third kappa shape index (κ3) is 7.22.